The highest BCUT2D eigenvalue weighted by Crippen LogP contribution is 2.16. The minimum absolute atomic E-state index is 0.241. The highest BCUT2D eigenvalue weighted by Gasteiger charge is 2.19. The Hall–Kier alpha value is -1.29. The molecule has 0 aromatic carbocycles. The Bertz CT molecular complexity index is 708. The molecule has 3 rings (SSSR count). The SMILES string of the molecule is CS(=O)(=O)NCc1cn2c(n1)CN(Cc1nccs1)CC2. The van der Waals surface area contributed by atoms with Gasteiger partial charge in [0.1, 0.15) is 10.8 Å². The van der Waals surface area contributed by atoms with Gasteiger partial charge >= 0.3 is 0 Å². The van der Waals surface area contributed by atoms with Gasteiger partial charge in [0, 0.05) is 30.9 Å². The summed E-state index contributed by atoms with van der Waals surface area (Å²) in [6.07, 6.45) is 4.90. The van der Waals surface area contributed by atoms with E-state index in [2.05, 4.69) is 24.2 Å². The Labute approximate surface area is 127 Å². The maximum Gasteiger partial charge on any atom is 0.209 e. The van der Waals surface area contributed by atoms with E-state index in [0.29, 0.717) is 0 Å². The van der Waals surface area contributed by atoms with Gasteiger partial charge in [0.2, 0.25) is 10.0 Å². The van der Waals surface area contributed by atoms with Crippen LogP contribution in [0.25, 0.3) is 0 Å². The fourth-order valence-electron chi connectivity index (χ4n) is 2.31. The zero-order valence-corrected chi connectivity index (χ0v) is 13.3. The molecule has 0 unspecified atom stereocenters. The van der Waals surface area contributed by atoms with Crippen LogP contribution in [0, 0.1) is 0 Å². The number of thiazole rings is 1. The fourth-order valence-corrected chi connectivity index (χ4v) is 3.38. The molecule has 3 heterocycles. The van der Waals surface area contributed by atoms with E-state index in [9.17, 15) is 8.42 Å². The highest BCUT2D eigenvalue weighted by atomic mass is 32.2. The Morgan fingerprint density at radius 1 is 1.43 bits per heavy atom. The van der Waals surface area contributed by atoms with Crippen molar-refractivity contribution in [1.82, 2.24) is 24.2 Å². The van der Waals surface area contributed by atoms with Crippen molar-refractivity contribution in [3.8, 4) is 0 Å². The number of fused-ring (bicyclic) bond motifs is 1. The average Bonchev–Trinajstić information content (AvgIpc) is 3.04. The van der Waals surface area contributed by atoms with Gasteiger partial charge in [0.25, 0.3) is 0 Å². The lowest BCUT2D eigenvalue weighted by molar-refractivity contribution is 0.208. The second kappa shape index (κ2) is 5.84. The number of nitrogens with zero attached hydrogens (tertiary/aromatic N) is 4. The number of imidazole rings is 1. The molecular formula is C12H17N5O2S2. The quantitative estimate of drug-likeness (QED) is 0.860. The summed E-state index contributed by atoms with van der Waals surface area (Å²) in [5.41, 5.74) is 0.756. The number of rotatable bonds is 5. The molecule has 0 fully saturated rings. The van der Waals surface area contributed by atoms with Crippen LogP contribution in [0.15, 0.2) is 17.8 Å². The van der Waals surface area contributed by atoms with Crippen LogP contribution in [0.2, 0.25) is 0 Å². The second-order valence-electron chi connectivity index (χ2n) is 5.07. The van der Waals surface area contributed by atoms with Crippen LogP contribution >= 0.6 is 11.3 Å². The van der Waals surface area contributed by atoms with E-state index >= 15 is 0 Å². The maximum atomic E-state index is 11.1. The van der Waals surface area contributed by atoms with E-state index in [1.54, 1.807) is 11.3 Å². The zero-order chi connectivity index (χ0) is 14.9. The molecule has 0 amide bonds. The Balaban J connectivity index is 1.64. The molecule has 0 atom stereocenters. The first-order valence-electron chi connectivity index (χ1n) is 6.60. The van der Waals surface area contributed by atoms with Gasteiger partial charge in [-0.2, -0.15) is 0 Å². The zero-order valence-electron chi connectivity index (χ0n) is 11.7. The lowest BCUT2D eigenvalue weighted by Gasteiger charge is -2.26. The molecular weight excluding hydrogens is 310 g/mol. The van der Waals surface area contributed by atoms with Crippen LogP contribution in [-0.4, -0.2) is 40.7 Å². The third-order valence-electron chi connectivity index (χ3n) is 3.29. The Morgan fingerprint density at radius 2 is 2.29 bits per heavy atom. The molecule has 1 N–H and O–H groups in total. The highest BCUT2D eigenvalue weighted by molar-refractivity contribution is 7.88. The normalized spacial score (nSPS) is 16.0. The number of hydrogen-bond acceptors (Lipinski definition) is 6. The Kier molecular flexibility index (Phi) is 4.07. The predicted octanol–water partition coefficient (Wildman–Crippen LogP) is 0.405. The van der Waals surface area contributed by atoms with E-state index in [0.717, 1.165) is 49.0 Å². The average molecular weight is 327 g/mol. The molecule has 0 spiro atoms. The lowest BCUT2D eigenvalue weighted by Crippen LogP contribution is -2.33. The monoisotopic (exact) mass is 327 g/mol. The van der Waals surface area contributed by atoms with E-state index in [4.69, 9.17) is 0 Å². The molecule has 0 saturated carbocycles. The van der Waals surface area contributed by atoms with E-state index in [1.807, 2.05) is 17.8 Å². The Morgan fingerprint density at radius 3 is 3.00 bits per heavy atom. The molecule has 1 aliphatic heterocycles. The molecule has 0 saturated heterocycles. The third kappa shape index (κ3) is 3.88. The summed E-state index contributed by atoms with van der Waals surface area (Å²) in [5, 5.41) is 3.09. The summed E-state index contributed by atoms with van der Waals surface area (Å²) in [6.45, 7) is 3.65. The van der Waals surface area contributed by atoms with Crippen LogP contribution in [0.4, 0.5) is 0 Å². The molecule has 2 aromatic rings. The van der Waals surface area contributed by atoms with Gasteiger partial charge in [-0.25, -0.2) is 23.1 Å². The summed E-state index contributed by atoms with van der Waals surface area (Å²) in [7, 11) is -3.19. The van der Waals surface area contributed by atoms with Crippen LogP contribution in [-0.2, 0) is 36.2 Å². The molecule has 2 aromatic heterocycles. The summed E-state index contributed by atoms with van der Waals surface area (Å²) in [4.78, 5) is 11.1. The van der Waals surface area contributed by atoms with Crippen molar-refractivity contribution in [2.75, 3.05) is 12.8 Å². The van der Waals surface area contributed by atoms with Crippen molar-refractivity contribution in [1.29, 1.82) is 0 Å². The van der Waals surface area contributed by atoms with Gasteiger partial charge in [-0.3, -0.25) is 4.90 Å². The molecule has 9 heteroatoms. The number of nitrogens with one attached hydrogen (secondary N) is 1. The first-order valence-corrected chi connectivity index (χ1v) is 9.37. The van der Waals surface area contributed by atoms with Crippen molar-refractivity contribution in [2.24, 2.45) is 0 Å². The van der Waals surface area contributed by atoms with Crippen molar-refractivity contribution < 1.29 is 8.42 Å². The summed E-state index contributed by atoms with van der Waals surface area (Å²) in [6, 6.07) is 0. The predicted molar refractivity (Wildman–Crippen MR) is 80.1 cm³/mol. The maximum absolute atomic E-state index is 11.1. The second-order valence-corrected chi connectivity index (χ2v) is 7.88. The van der Waals surface area contributed by atoms with Gasteiger partial charge in [-0.05, 0) is 0 Å². The van der Waals surface area contributed by atoms with Crippen molar-refractivity contribution in [2.45, 2.75) is 26.2 Å². The van der Waals surface area contributed by atoms with E-state index < -0.39 is 10.0 Å². The third-order valence-corrected chi connectivity index (χ3v) is 4.72. The molecule has 0 bridgehead atoms. The largest absolute Gasteiger partial charge is 0.332 e. The molecule has 21 heavy (non-hydrogen) atoms. The van der Waals surface area contributed by atoms with Crippen molar-refractivity contribution >= 4 is 21.4 Å². The summed E-state index contributed by atoms with van der Waals surface area (Å²) >= 11 is 1.66. The summed E-state index contributed by atoms with van der Waals surface area (Å²) in [5.74, 6) is 0.975. The topological polar surface area (TPSA) is 80.1 Å². The standard InChI is InChI=1S/C12H17N5O2S2/c1-21(18,19)14-6-10-7-17-4-3-16(8-11(17)15-10)9-12-13-2-5-20-12/h2,5,7,14H,3-4,6,8-9H2,1H3. The molecule has 0 aliphatic carbocycles. The van der Waals surface area contributed by atoms with Gasteiger partial charge in [-0.15, -0.1) is 11.3 Å². The van der Waals surface area contributed by atoms with Gasteiger partial charge in [0.15, 0.2) is 0 Å². The van der Waals surface area contributed by atoms with Crippen LogP contribution in [0.5, 0.6) is 0 Å². The van der Waals surface area contributed by atoms with Crippen molar-refractivity contribution in [3.05, 3.63) is 34.3 Å². The first-order chi connectivity index (χ1) is 9.99. The van der Waals surface area contributed by atoms with Gasteiger partial charge in [-0.1, -0.05) is 0 Å². The van der Waals surface area contributed by atoms with Crippen molar-refractivity contribution in [3.63, 3.8) is 0 Å². The van der Waals surface area contributed by atoms with Crippen LogP contribution < -0.4 is 4.72 Å². The number of aromatic nitrogens is 3. The number of hydrogen-bond donors (Lipinski definition) is 1. The molecule has 114 valence electrons. The minimum atomic E-state index is -3.19. The first kappa shape index (κ1) is 14.6. The van der Waals surface area contributed by atoms with E-state index in [1.165, 1.54) is 0 Å². The number of sulfonamides is 1. The van der Waals surface area contributed by atoms with Crippen LogP contribution in [0.1, 0.15) is 16.5 Å². The molecule has 0 radical (unpaired) electrons. The summed E-state index contributed by atoms with van der Waals surface area (Å²) < 4.78 is 26.8. The molecule has 7 nitrogen and oxygen atoms in total. The smallest absolute Gasteiger partial charge is 0.209 e. The van der Waals surface area contributed by atoms with Gasteiger partial charge in [0.05, 0.1) is 31.6 Å². The minimum Gasteiger partial charge on any atom is -0.332 e. The fraction of sp³-hybridized carbons (Fsp3) is 0.500. The van der Waals surface area contributed by atoms with E-state index in [-0.39, 0.29) is 6.54 Å². The van der Waals surface area contributed by atoms with Crippen LogP contribution in [0.3, 0.4) is 0 Å². The molecule has 1 aliphatic rings. The van der Waals surface area contributed by atoms with Gasteiger partial charge < -0.3 is 4.57 Å². The lowest BCUT2D eigenvalue weighted by atomic mass is 10.3.